The summed E-state index contributed by atoms with van der Waals surface area (Å²) in [5, 5.41) is 4.34. The van der Waals surface area contributed by atoms with Crippen LogP contribution in [0.25, 0.3) is 0 Å². The summed E-state index contributed by atoms with van der Waals surface area (Å²) >= 11 is 0. The summed E-state index contributed by atoms with van der Waals surface area (Å²) in [5.74, 6) is -0.169. The predicted molar refractivity (Wildman–Crippen MR) is 153 cm³/mol. The van der Waals surface area contributed by atoms with Crippen molar-refractivity contribution in [1.82, 2.24) is 10.3 Å². The molecule has 1 N–H and O–H groups in total. The summed E-state index contributed by atoms with van der Waals surface area (Å²) in [6, 6.07) is 24.3. The highest BCUT2D eigenvalue weighted by Gasteiger charge is 2.27. The molecule has 200 valence electrons. The number of aryl methyl sites for hydroxylation is 1. The molecule has 1 heterocycles. The highest BCUT2D eigenvalue weighted by Crippen LogP contribution is 2.26. The van der Waals surface area contributed by atoms with E-state index in [0.29, 0.717) is 11.6 Å². The number of piperidine rings is 1. The van der Waals surface area contributed by atoms with E-state index in [4.69, 9.17) is 0 Å². The molecule has 38 heavy (non-hydrogen) atoms. The minimum Gasteiger partial charge on any atom is -0.298 e. The van der Waals surface area contributed by atoms with Gasteiger partial charge in [0.25, 0.3) is 15.9 Å². The van der Waals surface area contributed by atoms with Crippen LogP contribution in [0.4, 0.5) is 5.69 Å². The van der Waals surface area contributed by atoms with Gasteiger partial charge < -0.3 is 0 Å². The molecule has 0 atom stereocenters. The number of likely N-dealkylation sites (tertiary alicyclic amines) is 1. The van der Waals surface area contributed by atoms with Gasteiger partial charge in [0, 0.05) is 38.2 Å². The summed E-state index contributed by atoms with van der Waals surface area (Å²) in [6.07, 6.45) is 1.52. The van der Waals surface area contributed by atoms with Crippen molar-refractivity contribution in [3.8, 4) is 0 Å². The minimum absolute atomic E-state index is 0.140. The van der Waals surface area contributed by atoms with Crippen LogP contribution in [-0.4, -0.2) is 44.6 Å². The molecule has 1 aliphatic heterocycles. The Morgan fingerprint density at radius 3 is 2.18 bits per heavy atom. The molecule has 0 aromatic heterocycles. The number of carbonyl (C=O) groups is 1. The van der Waals surface area contributed by atoms with Crippen LogP contribution in [0.15, 0.2) is 88.9 Å². The molecule has 0 aliphatic carbocycles. The second-order valence-electron chi connectivity index (χ2n) is 10.0. The van der Waals surface area contributed by atoms with Gasteiger partial charge in [-0.15, -0.1) is 0 Å². The molecule has 7 nitrogen and oxygen atoms in total. The van der Waals surface area contributed by atoms with Crippen LogP contribution < -0.4 is 9.73 Å². The van der Waals surface area contributed by atoms with Crippen LogP contribution in [0.2, 0.25) is 0 Å². The normalized spacial score (nSPS) is 14.4. The Morgan fingerprint density at radius 2 is 1.58 bits per heavy atom. The van der Waals surface area contributed by atoms with Gasteiger partial charge in [0.1, 0.15) is 6.54 Å². The van der Waals surface area contributed by atoms with Crippen molar-refractivity contribution in [1.29, 1.82) is 0 Å². The molecule has 0 saturated carbocycles. The molecule has 4 rings (SSSR count). The molecule has 1 saturated heterocycles. The van der Waals surface area contributed by atoms with Gasteiger partial charge in [0.05, 0.1) is 10.6 Å². The zero-order valence-electron chi connectivity index (χ0n) is 22.3. The molecule has 3 aromatic rings. The summed E-state index contributed by atoms with van der Waals surface area (Å²) in [6.45, 7) is 8.30. The molecular formula is C30H36N4O3S. The maximum atomic E-state index is 13.6. The number of benzene rings is 3. The second-order valence-corrected chi connectivity index (χ2v) is 11.9. The Hall–Kier alpha value is -3.49. The highest BCUT2D eigenvalue weighted by atomic mass is 32.2. The molecular weight excluding hydrogens is 496 g/mol. The van der Waals surface area contributed by atoms with Gasteiger partial charge in [-0.2, -0.15) is 5.10 Å². The number of hydrogen-bond acceptors (Lipinski definition) is 5. The first-order chi connectivity index (χ1) is 18.2. The van der Waals surface area contributed by atoms with Crippen molar-refractivity contribution in [2.24, 2.45) is 5.10 Å². The van der Waals surface area contributed by atoms with Crippen molar-refractivity contribution >= 4 is 27.3 Å². The summed E-state index contributed by atoms with van der Waals surface area (Å²) < 4.78 is 28.3. The zero-order valence-corrected chi connectivity index (χ0v) is 23.1. The fourth-order valence-electron chi connectivity index (χ4n) is 4.41. The van der Waals surface area contributed by atoms with E-state index in [1.165, 1.54) is 5.56 Å². The van der Waals surface area contributed by atoms with Crippen LogP contribution in [0.1, 0.15) is 49.3 Å². The SMILES string of the molecule is Cc1ccc(S(=O)(=O)N(CC(=O)NN=C2CCN(Cc3ccccc3)CC2)c2ccc(C(C)C)cc2)cc1. The number of amides is 1. The van der Waals surface area contributed by atoms with Gasteiger partial charge in [-0.1, -0.05) is 74.0 Å². The largest absolute Gasteiger partial charge is 0.298 e. The fourth-order valence-corrected chi connectivity index (χ4v) is 5.83. The Kier molecular flexibility index (Phi) is 8.97. The van der Waals surface area contributed by atoms with Gasteiger partial charge in [-0.25, -0.2) is 13.8 Å². The summed E-state index contributed by atoms with van der Waals surface area (Å²) in [4.78, 5) is 15.5. The van der Waals surface area contributed by atoms with Crippen LogP contribution in [0.5, 0.6) is 0 Å². The standard InChI is InChI=1S/C30H36N4O3S/c1-23(2)26-11-13-28(14-12-26)34(38(36,37)29-15-9-24(3)10-16-29)22-30(35)32-31-27-17-19-33(20-18-27)21-25-7-5-4-6-8-25/h4-16,23H,17-22H2,1-3H3,(H,32,35). The Labute approximate surface area is 226 Å². The van der Waals surface area contributed by atoms with Gasteiger partial charge in [0.2, 0.25) is 0 Å². The van der Waals surface area contributed by atoms with Crippen molar-refractivity contribution in [2.45, 2.75) is 51.0 Å². The number of sulfonamides is 1. The average Bonchev–Trinajstić information content (AvgIpc) is 2.92. The van der Waals surface area contributed by atoms with Crippen molar-refractivity contribution in [3.63, 3.8) is 0 Å². The molecule has 1 amide bonds. The van der Waals surface area contributed by atoms with Crippen LogP contribution >= 0.6 is 0 Å². The Bertz CT molecular complexity index is 1340. The predicted octanol–water partition coefficient (Wildman–Crippen LogP) is 5.08. The fraction of sp³-hybridized carbons (Fsp3) is 0.333. The molecule has 0 spiro atoms. The van der Waals surface area contributed by atoms with Gasteiger partial charge in [-0.3, -0.25) is 14.0 Å². The number of anilines is 1. The third kappa shape index (κ3) is 7.08. The lowest BCUT2D eigenvalue weighted by Crippen LogP contribution is -2.40. The van der Waals surface area contributed by atoms with E-state index in [0.717, 1.165) is 53.6 Å². The number of rotatable bonds is 9. The zero-order chi connectivity index (χ0) is 27.1. The monoisotopic (exact) mass is 532 g/mol. The summed E-state index contributed by atoms with van der Waals surface area (Å²) in [5.41, 5.74) is 7.28. The van der Waals surface area contributed by atoms with Crippen molar-refractivity contribution < 1.29 is 13.2 Å². The highest BCUT2D eigenvalue weighted by molar-refractivity contribution is 7.92. The Morgan fingerprint density at radius 1 is 0.947 bits per heavy atom. The number of carbonyl (C=O) groups excluding carboxylic acids is 1. The van der Waals surface area contributed by atoms with E-state index < -0.39 is 15.9 Å². The number of hydrazone groups is 1. The third-order valence-electron chi connectivity index (χ3n) is 6.76. The lowest BCUT2D eigenvalue weighted by atomic mass is 10.0. The van der Waals surface area contributed by atoms with E-state index in [1.807, 2.05) is 37.3 Å². The molecule has 8 heteroatoms. The van der Waals surface area contributed by atoms with E-state index in [9.17, 15) is 13.2 Å². The van der Waals surface area contributed by atoms with E-state index in [1.54, 1.807) is 36.4 Å². The molecule has 0 radical (unpaired) electrons. The molecule has 0 bridgehead atoms. The molecule has 1 fully saturated rings. The molecule has 3 aromatic carbocycles. The summed E-state index contributed by atoms with van der Waals surface area (Å²) in [7, 11) is -3.96. The first kappa shape index (κ1) is 27.5. The minimum atomic E-state index is -3.96. The lowest BCUT2D eigenvalue weighted by molar-refractivity contribution is -0.119. The first-order valence-electron chi connectivity index (χ1n) is 13.0. The van der Waals surface area contributed by atoms with Gasteiger partial charge in [-0.05, 0) is 48.2 Å². The first-order valence-corrected chi connectivity index (χ1v) is 14.5. The van der Waals surface area contributed by atoms with Gasteiger partial charge >= 0.3 is 0 Å². The second kappa shape index (κ2) is 12.4. The van der Waals surface area contributed by atoms with Crippen molar-refractivity contribution in [3.05, 3.63) is 95.6 Å². The van der Waals surface area contributed by atoms with E-state index >= 15 is 0 Å². The quantitative estimate of drug-likeness (QED) is 0.390. The lowest BCUT2D eigenvalue weighted by Gasteiger charge is -2.27. The Balaban J connectivity index is 1.44. The van der Waals surface area contributed by atoms with Gasteiger partial charge in [0.15, 0.2) is 0 Å². The molecule has 1 aliphatic rings. The third-order valence-corrected chi connectivity index (χ3v) is 8.55. The molecule has 0 unspecified atom stereocenters. The topological polar surface area (TPSA) is 82.1 Å². The van der Waals surface area contributed by atoms with Crippen molar-refractivity contribution in [2.75, 3.05) is 23.9 Å². The number of nitrogens with one attached hydrogen (secondary N) is 1. The van der Waals surface area contributed by atoms with Crippen LogP contribution in [0.3, 0.4) is 0 Å². The van der Waals surface area contributed by atoms with E-state index in [-0.39, 0.29) is 11.4 Å². The van der Waals surface area contributed by atoms with Crippen LogP contribution in [0, 0.1) is 6.92 Å². The number of nitrogens with zero attached hydrogens (tertiary/aromatic N) is 3. The maximum Gasteiger partial charge on any atom is 0.264 e. The van der Waals surface area contributed by atoms with E-state index in [2.05, 4.69) is 41.4 Å². The van der Waals surface area contributed by atoms with Crippen LogP contribution in [-0.2, 0) is 21.4 Å². The maximum absolute atomic E-state index is 13.6. The number of hydrogen-bond donors (Lipinski definition) is 1. The average molecular weight is 533 g/mol. The smallest absolute Gasteiger partial charge is 0.264 e.